The van der Waals surface area contributed by atoms with E-state index in [1.165, 1.54) is 0 Å². The van der Waals surface area contributed by atoms with Gasteiger partial charge < -0.3 is 29.1 Å². The Hall–Kier alpha value is -3.63. The minimum atomic E-state index is -0.589. The van der Waals surface area contributed by atoms with Crippen molar-refractivity contribution in [3.05, 3.63) is 35.9 Å². The van der Waals surface area contributed by atoms with Crippen LogP contribution in [0.4, 0.5) is 4.79 Å². The molecule has 4 unspecified atom stereocenters. The smallest absolute Gasteiger partial charge is 0.410 e. The van der Waals surface area contributed by atoms with E-state index in [1.54, 1.807) is 19.6 Å². The second-order valence-electron chi connectivity index (χ2n) is 13.3. The van der Waals surface area contributed by atoms with Crippen LogP contribution in [0.3, 0.4) is 0 Å². The summed E-state index contributed by atoms with van der Waals surface area (Å²) < 4.78 is 10.9. The molecule has 0 aliphatic carbocycles. The first kappa shape index (κ1) is 30.8. The maximum Gasteiger partial charge on any atom is 0.410 e. The molecule has 4 aliphatic heterocycles. The third-order valence-electron chi connectivity index (χ3n) is 8.94. The molecule has 4 fully saturated rings. The van der Waals surface area contributed by atoms with Crippen molar-refractivity contribution in [3.8, 4) is 0 Å². The van der Waals surface area contributed by atoms with Crippen LogP contribution in [0.15, 0.2) is 30.3 Å². The van der Waals surface area contributed by atoms with Crippen molar-refractivity contribution < 1.29 is 33.4 Å². The fourth-order valence-corrected chi connectivity index (χ4v) is 6.55. The summed E-state index contributed by atoms with van der Waals surface area (Å²) in [5.74, 6) is -1.47. The van der Waals surface area contributed by atoms with Crippen LogP contribution in [0, 0.1) is 23.7 Å². The highest BCUT2D eigenvalue weighted by Crippen LogP contribution is 2.29. The largest absolute Gasteiger partial charge is 0.461 e. The molecule has 234 valence electrons. The minimum absolute atomic E-state index is 0.00353. The molecule has 11 heteroatoms. The first-order valence-corrected chi connectivity index (χ1v) is 15.5. The number of benzene rings is 1. The number of carbonyl (C=O) groups is 5. The molecule has 43 heavy (non-hydrogen) atoms. The molecule has 4 atom stereocenters. The molecule has 4 saturated heterocycles. The van der Waals surface area contributed by atoms with Crippen LogP contribution in [0.5, 0.6) is 0 Å². The van der Waals surface area contributed by atoms with E-state index in [9.17, 15) is 24.0 Å². The van der Waals surface area contributed by atoms with Gasteiger partial charge in [0.15, 0.2) is 0 Å². The summed E-state index contributed by atoms with van der Waals surface area (Å²) in [4.78, 5) is 71.7. The van der Waals surface area contributed by atoms with Gasteiger partial charge in [-0.2, -0.15) is 0 Å². The van der Waals surface area contributed by atoms with Crippen LogP contribution in [0.2, 0.25) is 0 Å². The van der Waals surface area contributed by atoms with Crippen molar-refractivity contribution in [2.45, 2.75) is 58.7 Å². The van der Waals surface area contributed by atoms with Crippen molar-refractivity contribution in [2.24, 2.45) is 23.7 Å². The van der Waals surface area contributed by atoms with Crippen LogP contribution < -0.4 is 0 Å². The van der Waals surface area contributed by atoms with Crippen LogP contribution in [0.25, 0.3) is 0 Å². The summed E-state index contributed by atoms with van der Waals surface area (Å²) >= 11 is 0. The Morgan fingerprint density at radius 2 is 1.07 bits per heavy atom. The van der Waals surface area contributed by atoms with Crippen LogP contribution in [0.1, 0.15) is 52.0 Å². The molecule has 11 nitrogen and oxygen atoms in total. The molecule has 4 aliphatic rings. The van der Waals surface area contributed by atoms with E-state index in [0.29, 0.717) is 78.0 Å². The summed E-state index contributed by atoms with van der Waals surface area (Å²) in [6.07, 6.45) is 1.97. The molecule has 5 rings (SSSR count). The third kappa shape index (κ3) is 7.48. The predicted octanol–water partition coefficient (Wildman–Crippen LogP) is 2.53. The Morgan fingerprint density at radius 3 is 1.56 bits per heavy atom. The molecule has 0 aromatic heterocycles. The summed E-state index contributed by atoms with van der Waals surface area (Å²) in [6.45, 7) is 9.13. The number of amides is 4. The zero-order valence-electron chi connectivity index (χ0n) is 25.5. The summed E-state index contributed by atoms with van der Waals surface area (Å²) in [5.41, 5.74) is 0.338. The topological polar surface area (TPSA) is 117 Å². The van der Waals surface area contributed by atoms with E-state index in [-0.39, 0.29) is 54.0 Å². The lowest BCUT2D eigenvalue weighted by Crippen LogP contribution is -2.41. The van der Waals surface area contributed by atoms with Crippen molar-refractivity contribution >= 4 is 29.8 Å². The molecule has 0 radical (unpaired) electrons. The number of rotatable bonds is 6. The Labute approximate surface area is 253 Å². The van der Waals surface area contributed by atoms with Gasteiger partial charge in [0.25, 0.3) is 0 Å². The normalized spacial score (nSPS) is 25.7. The number of nitrogens with zero attached hydrogens (tertiary/aromatic N) is 4. The zero-order valence-corrected chi connectivity index (χ0v) is 25.5. The number of esters is 1. The Balaban J connectivity index is 1.04. The average molecular weight is 597 g/mol. The molecule has 4 heterocycles. The van der Waals surface area contributed by atoms with Gasteiger partial charge in [-0.05, 0) is 52.0 Å². The fourth-order valence-electron chi connectivity index (χ4n) is 6.55. The van der Waals surface area contributed by atoms with Crippen LogP contribution in [-0.4, -0.2) is 107 Å². The van der Waals surface area contributed by atoms with Gasteiger partial charge in [-0.25, -0.2) is 4.79 Å². The first-order chi connectivity index (χ1) is 20.5. The third-order valence-corrected chi connectivity index (χ3v) is 8.94. The maximum atomic E-state index is 13.4. The molecular weight excluding hydrogens is 552 g/mol. The second kappa shape index (κ2) is 12.9. The molecule has 0 saturated carbocycles. The summed E-state index contributed by atoms with van der Waals surface area (Å²) in [7, 11) is 0. The number of carbonyl (C=O) groups excluding carboxylic acids is 5. The van der Waals surface area contributed by atoms with Crippen molar-refractivity contribution in [2.75, 3.05) is 52.4 Å². The highest BCUT2D eigenvalue weighted by Gasteiger charge is 2.42. The van der Waals surface area contributed by atoms with Crippen molar-refractivity contribution in [1.82, 2.24) is 19.6 Å². The van der Waals surface area contributed by atoms with Crippen molar-refractivity contribution in [3.63, 3.8) is 0 Å². The maximum absolute atomic E-state index is 13.4. The van der Waals surface area contributed by atoms with E-state index in [4.69, 9.17) is 9.47 Å². The lowest BCUT2D eigenvalue weighted by atomic mass is 10.1. The van der Waals surface area contributed by atoms with E-state index in [1.807, 2.05) is 51.1 Å². The van der Waals surface area contributed by atoms with Crippen LogP contribution in [-0.2, 0) is 35.3 Å². The highest BCUT2D eigenvalue weighted by atomic mass is 16.6. The van der Waals surface area contributed by atoms with Gasteiger partial charge in [0.05, 0.1) is 23.7 Å². The van der Waals surface area contributed by atoms with Crippen molar-refractivity contribution in [1.29, 1.82) is 0 Å². The molecule has 0 N–H and O–H groups in total. The summed E-state index contributed by atoms with van der Waals surface area (Å²) in [5, 5.41) is 0. The van der Waals surface area contributed by atoms with Gasteiger partial charge in [-0.1, -0.05) is 30.3 Å². The molecule has 1 aromatic carbocycles. The molecule has 4 amide bonds. The standard InChI is InChI=1S/C32H44N4O7/c1-32(2,3)43-31(41)36-16-11-25(19-36)29(39)34-14-9-23(17-34)27(37)33-13-10-24(18-33)28(38)35-15-12-26(20-35)30(40)42-21-22-7-5-4-6-8-22/h4-8,23-26H,9-21H2,1-3H3. The molecule has 1 aromatic rings. The van der Waals surface area contributed by atoms with Gasteiger partial charge in [-0.3, -0.25) is 19.2 Å². The molecular formula is C32H44N4O7. The van der Waals surface area contributed by atoms with Gasteiger partial charge >= 0.3 is 12.1 Å². The average Bonchev–Trinajstić information content (AvgIpc) is 3.80. The number of likely N-dealkylation sites (tertiary alicyclic amines) is 4. The van der Waals surface area contributed by atoms with Gasteiger partial charge in [0, 0.05) is 52.4 Å². The quantitative estimate of drug-likeness (QED) is 0.464. The van der Waals surface area contributed by atoms with E-state index in [0.717, 1.165) is 5.56 Å². The lowest BCUT2D eigenvalue weighted by molar-refractivity contribution is -0.149. The first-order valence-electron chi connectivity index (χ1n) is 15.5. The van der Waals surface area contributed by atoms with E-state index >= 15 is 0 Å². The minimum Gasteiger partial charge on any atom is -0.461 e. The Kier molecular flexibility index (Phi) is 9.27. The van der Waals surface area contributed by atoms with Gasteiger partial charge in [-0.15, -0.1) is 0 Å². The zero-order chi connectivity index (χ0) is 30.7. The highest BCUT2D eigenvalue weighted by molar-refractivity contribution is 5.86. The molecule has 0 spiro atoms. The summed E-state index contributed by atoms with van der Waals surface area (Å²) in [6, 6.07) is 9.52. The number of ether oxygens (including phenoxy) is 2. The predicted molar refractivity (Wildman–Crippen MR) is 156 cm³/mol. The number of hydrogen-bond donors (Lipinski definition) is 0. The van der Waals surface area contributed by atoms with Crippen LogP contribution >= 0.6 is 0 Å². The number of hydrogen-bond acceptors (Lipinski definition) is 7. The van der Waals surface area contributed by atoms with E-state index in [2.05, 4.69) is 0 Å². The second-order valence-corrected chi connectivity index (χ2v) is 13.3. The lowest BCUT2D eigenvalue weighted by Gasteiger charge is -2.25. The van der Waals surface area contributed by atoms with Gasteiger partial charge in [0.1, 0.15) is 12.2 Å². The Bertz CT molecular complexity index is 1220. The Morgan fingerprint density at radius 1 is 0.651 bits per heavy atom. The fraction of sp³-hybridized carbons (Fsp3) is 0.656. The SMILES string of the molecule is CC(C)(C)OC(=O)N1CCC(C(=O)N2CCC(C(=O)N3CCC(C(=O)N4CCC(C(=O)OCc5ccccc5)C4)C3)C2)C1. The van der Waals surface area contributed by atoms with Gasteiger partial charge in [0.2, 0.25) is 17.7 Å². The van der Waals surface area contributed by atoms with E-state index < -0.39 is 11.7 Å². The molecule has 0 bridgehead atoms. The monoisotopic (exact) mass is 596 g/mol.